The van der Waals surface area contributed by atoms with Gasteiger partial charge >= 0.3 is 12.6 Å². The Hall–Kier alpha value is -3.13. The molecule has 0 spiro atoms. The Balaban J connectivity index is 2.11. The van der Waals surface area contributed by atoms with Crippen molar-refractivity contribution in [3.05, 3.63) is 94.3 Å². The van der Waals surface area contributed by atoms with Crippen LogP contribution in [0, 0.1) is 0 Å². The summed E-state index contributed by atoms with van der Waals surface area (Å²) in [5.74, 6) is -0.621. The van der Waals surface area contributed by atoms with Crippen molar-refractivity contribution in [2.45, 2.75) is 26.6 Å². The summed E-state index contributed by atoms with van der Waals surface area (Å²) in [6, 6.07) is 22.1. The lowest BCUT2D eigenvalue weighted by Gasteiger charge is -2.45. The highest BCUT2D eigenvalue weighted by molar-refractivity contribution is 7.09. The third-order valence-electron chi connectivity index (χ3n) is 5.97. The summed E-state index contributed by atoms with van der Waals surface area (Å²) < 4.78 is 44.9. The first kappa shape index (κ1) is 22.1. The van der Waals surface area contributed by atoms with Crippen molar-refractivity contribution in [2.24, 2.45) is 0 Å². The molecule has 8 heteroatoms. The number of halogens is 3. The van der Waals surface area contributed by atoms with Gasteiger partial charge in [0.2, 0.25) is 0 Å². The van der Waals surface area contributed by atoms with Gasteiger partial charge in [0.15, 0.2) is 5.78 Å². The van der Waals surface area contributed by atoms with Crippen molar-refractivity contribution < 1.29 is 22.5 Å². The maximum Gasteiger partial charge on any atom is 0.428 e. The summed E-state index contributed by atoms with van der Waals surface area (Å²) in [6.45, 7) is 3.15. The Kier molecular flexibility index (Phi) is 5.82. The average Bonchev–Trinajstić information content (AvgIpc) is 3.28. The molecule has 1 aromatic heterocycles. The van der Waals surface area contributed by atoms with Crippen molar-refractivity contribution in [3.8, 4) is 0 Å². The zero-order valence-electron chi connectivity index (χ0n) is 17.7. The number of carbonyl (C=O) groups excluding carboxylic acids is 1. The number of rotatable bonds is 5. The molecule has 1 aliphatic rings. The number of thiophene rings is 1. The highest BCUT2D eigenvalue weighted by Crippen LogP contribution is 2.32. The van der Waals surface area contributed by atoms with Crippen LogP contribution >= 0.6 is 11.3 Å². The van der Waals surface area contributed by atoms with E-state index in [1.165, 1.54) is 18.3 Å². The van der Waals surface area contributed by atoms with Gasteiger partial charge < -0.3 is 9.71 Å². The van der Waals surface area contributed by atoms with Crippen LogP contribution in [0.1, 0.15) is 18.7 Å². The van der Waals surface area contributed by atoms with Crippen molar-refractivity contribution >= 4 is 40.2 Å². The zero-order valence-corrected chi connectivity index (χ0v) is 18.5. The van der Waals surface area contributed by atoms with Gasteiger partial charge in [0, 0.05) is 6.92 Å². The normalized spacial score (nSPS) is 16.2. The fourth-order valence-electron chi connectivity index (χ4n) is 4.64. The van der Waals surface area contributed by atoms with E-state index in [1.807, 2.05) is 82.7 Å². The highest BCUT2D eigenvalue weighted by Gasteiger charge is 2.53. The molecule has 0 saturated heterocycles. The van der Waals surface area contributed by atoms with Gasteiger partial charge in [-0.1, -0.05) is 66.7 Å². The number of hydrogen-bond donors (Lipinski definition) is 1. The molecular weight excluding hydrogens is 432 g/mol. The lowest BCUT2D eigenvalue weighted by atomic mass is 9.35. The Labute approximate surface area is 188 Å². The van der Waals surface area contributed by atoms with E-state index in [0.717, 1.165) is 4.88 Å². The zero-order chi connectivity index (χ0) is 22.9. The number of nitrogens with one attached hydrogen (secondary N) is 1. The Morgan fingerprint density at radius 3 is 1.97 bits per heavy atom. The second kappa shape index (κ2) is 8.43. The number of nitrogens with zero attached hydrogens (tertiary/aromatic N) is 1. The lowest BCUT2D eigenvalue weighted by molar-refractivity contribution is -0.416. The number of hydrogen-bond acceptors (Lipinski definition) is 3. The van der Waals surface area contributed by atoms with Crippen LogP contribution in [0.4, 0.5) is 13.2 Å². The predicted octanol–water partition coefficient (Wildman–Crippen LogP) is 3.99. The fraction of sp³-hybridized carbons (Fsp3) is 0.167. The van der Waals surface area contributed by atoms with E-state index in [2.05, 4.69) is 5.23 Å². The summed E-state index contributed by atoms with van der Waals surface area (Å²) >= 11 is 1.53. The fourth-order valence-corrected chi connectivity index (χ4v) is 5.34. The second-order valence-corrected chi connectivity index (χ2v) is 8.91. The standard InChI is InChI=1S/C24H22BF3N2OS/c1-17-22(18(2)31)23(24(26,27)28)29-25(19-10-5-3-6-11-19,20-12-7-4-8-13-20)30(17)16-21-14-9-15-32-21/h3-15,29H,16H2,1-2H3. The van der Waals surface area contributed by atoms with Gasteiger partial charge in [-0.2, -0.15) is 13.2 Å². The minimum atomic E-state index is -4.71. The van der Waals surface area contributed by atoms with Gasteiger partial charge in [0.1, 0.15) is 17.8 Å². The molecule has 0 unspecified atom stereocenters. The third kappa shape index (κ3) is 3.79. The summed E-state index contributed by atoms with van der Waals surface area (Å²) in [4.78, 5) is 13.5. The SMILES string of the molecule is CC(=O)C1=C(C(F)(F)F)N[B-](c2ccccc2)(c2ccccc2)[N+](Cc2cccs2)=C1C. The summed E-state index contributed by atoms with van der Waals surface area (Å²) in [7, 11) is 0. The highest BCUT2D eigenvalue weighted by atomic mass is 32.1. The van der Waals surface area contributed by atoms with Crippen LogP contribution in [0.15, 0.2) is 89.4 Å². The predicted molar refractivity (Wildman–Crippen MR) is 124 cm³/mol. The van der Waals surface area contributed by atoms with Crippen molar-refractivity contribution in [1.29, 1.82) is 0 Å². The minimum absolute atomic E-state index is 0.310. The molecule has 1 aliphatic heterocycles. The second-order valence-electron chi connectivity index (χ2n) is 7.88. The van der Waals surface area contributed by atoms with Crippen LogP contribution in [-0.4, -0.2) is 28.6 Å². The molecule has 164 valence electrons. The Morgan fingerprint density at radius 1 is 0.969 bits per heavy atom. The van der Waals surface area contributed by atoms with Crippen LogP contribution in [0.2, 0.25) is 0 Å². The molecule has 0 amide bonds. The van der Waals surface area contributed by atoms with Crippen molar-refractivity contribution in [1.82, 2.24) is 5.23 Å². The molecule has 1 N–H and O–H groups in total. The molecule has 0 fully saturated rings. The van der Waals surface area contributed by atoms with Crippen molar-refractivity contribution in [2.75, 3.05) is 0 Å². The van der Waals surface area contributed by atoms with E-state index in [-0.39, 0.29) is 5.57 Å². The monoisotopic (exact) mass is 454 g/mol. The van der Waals surface area contributed by atoms with Gasteiger partial charge in [-0.25, -0.2) is 0 Å². The summed E-state index contributed by atoms with van der Waals surface area (Å²) in [5, 5.41) is 4.81. The van der Waals surface area contributed by atoms with Gasteiger partial charge in [-0.05, 0) is 18.4 Å². The molecule has 0 radical (unpaired) electrons. The van der Waals surface area contributed by atoms with Crippen LogP contribution in [0.25, 0.3) is 0 Å². The van der Waals surface area contributed by atoms with E-state index in [1.54, 1.807) is 6.92 Å². The molecule has 0 aliphatic carbocycles. The van der Waals surface area contributed by atoms with Crippen LogP contribution < -0.4 is 16.2 Å². The molecule has 3 aromatic rings. The summed E-state index contributed by atoms with van der Waals surface area (Å²) in [6.07, 6.45) is -7.00. The quantitative estimate of drug-likeness (QED) is 0.592. The topological polar surface area (TPSA) is 32.1 Å². The average molecular weight is 454 g/mol. The molecule has 4 rings (SSSR count). The number of allylic oxidation sites excluding steroid dienone is 2. The Bertz CT molecular complexity index is 1150. The smallest absolute Gasteiger partial charge is 0.428 e. The molecule has 0 saturated carbocycles. The van der Waals surface area contributed by atoms with Crippen molar-refractivity contribution in [3.63, 3.8) is 0 Å². The maximum atomic E-state index is 14.3. The summed E-state index contributed by atoms with van der Waals surface area (Å²) in [5.41, 5.74) is 0.415. The molecule has 2 heterocycles. The van der Waals surface area contributed by atoms with Gasteiger partial charge in [0.25, 0.3) is 0 Å². The molecule has 2 aromatic carbocycles. The number of alkyl halides is 3. The molecular formula is C24H22BF3N2OS. The third-order valence-corrected chi connectivity index (χ3v) is 6.83. The van der Waals surface area contributed by atoms with E-state index in [4.69, 9.17) is 0 Å². The van der Waals surface area contributed by atoms with E-state index in [0.29, 0.717) is 23.2 Å². The largest absolute Gasteiger partial charge is 0.486 e. The van der Waals surface area contributed by atoms with E-state index < -0.39 is 24.1 Å². The van der Waals surface area contributed by atoms with E-state index in [9.17, 15) is 18.0 Å². The van der Waals surface area contributed by atoms with Crippen LogP contribution in [0.5, 0.6) is 0 Å². The van der Waals surface area contributed by atoms with Gasteiger partial charge in [-0.15, -0.1) is 22.3 Å². The number of ketones is 1. The molecule has 32 heavy (non-hydrogen) atoms. The first-order valence-electron chi connectivity index (χ1n) is 10.3. The number of carbonyl (C=O) groups is 1. The first-order valence-corrected chi connectivity index (χ1v) is 11.1. The molecule has 3 nitrogen and oxygen atoms in total. The first-order chi connectivity index (χ1) is 15.2. The minimum Gasteiger partial charge on any atom is -0.486 e. The Morgan fingerprint density at radius 2 is 1.53 bits per heavy atom. The van der Waals surface area contributed by atoms with E-state index >= 15 is 0 Å². The van der Waals surface area contributed by atoms with Gasteiger partial charge in [-0.3, -0.25) is 4.79 Å². The molecule has 0 bridgehead atoms. The lowest BCUT2D eigenvalue weighted by Crippen LogP contribution is -2.78. The van der Waals surface area contributed by atoms with Crippen LogP contribution in [0.3, 0.4) is 0 Å². The van der Waals surface area contributed by atoms with Crippen LogP contribution in [-0.2, 0) is 11.3 Å². The number of benzene rings is 2. The maximum absolute atomic E-state index is 14.3. The van der Waals surface area contributed by atoms with Gasteiger partial charge in [0.05, 0.1) is 10.6 Å². The number of Topliss-reactive ketones (excluding diaryl/α,β-unsaturated/α-hetero) is 1. The molecule has 0 atom stereocenters.